The van der Waals surface area contributed by atoms with Gasteiger partial charge in [-0.1, -0.05) is 42.5 Å². The summed E-state index contributed by atoms with van der Waals surface area (Å²) in [6.45, 7) is 3.18. The van der Waals surface area contributed by atoms with Crippen molar-refractivity contribution < 1.29 is 4.79 Å². The molecule has 1 aliphatic rings. The molecular formula is C19H20N4O. The van der Waals surface area contributed by atoms with Crippen LogP contribution in [0.2, 0.25) is 0 Å². The Morgan fingerprint density at radius 2 is 1.83 bits per heavy atom. The topological polar surface area (TPSA) is 50.2 Å². The molecule has 1 aliphatic heterocycles. The number of nitrogens with zero attached hydrogens (tertiary/aromatic N) is 3. The molecule has 4 rings (SSSR count). The van der Waals surface area contributed by atoms with Crippen LogP contribution >= 0.6 is 0 Å². The van der Waals surface area contributed by atoms with Gasteiger partial charge in [0.25, 0.3) is 5.91 Å². The number of fused-ring (bicyclic) bond motifs is 1. The van der Waals surface area contributed by atoms with Gasteiger partial charge in [0.2, 0.25) is 0 Å². The van der Waals surface area contributed by atoms with Crippen LogP contribution in [0.1, 0.15) is 10.5 Å². The summed E-state index contributed by atoms with van der Waals surface area (Å²) in [6.07, 6.45) is 1.70. The van der Waals surface area contributed by atoms with E-state index in [1.165, 1.54) is 5.39 Å². The fraction of sp³-hybridized carbons (Fsp3) is 0.263. The molecule has 0 spiro atoms. The lowest BCUT2D eigenvalue weighted by molar-refractivity contribution is 0.0726. The number of aromatic nitrogens is 2. The van der Waals surface area contributed by atoms with E-state index in [1.54, 1.807) is 6.20 Å². The predicted molar refractivity (Wildman–Crippen MR) is 94.9 cm³/mol. The van der Waals surface area contributed by atoms with Gasteiger partial charge in [-0.05, 0) is 10.8 Å². The Morgan fingerprint density at radius 1 is 1.08 bits per heavy atom. The minimum absolute atomic E-state index is 0.0537. The van der Waals surface area contributed by atoms with Crippen molar-refractivity contribution in [2.45, 2.75) is 0 Å². The lowest BCUT2D eigenvalue weighted by Crippen LogP contribution is -2.46. The molecule has 3 aromatic rings. The van der Waals surface area contributed by atoms with Gasteiger partial charge in [-0.25, -0.2) is 4.98 Å². The molecule has 5 nitrogen and oxygen atoms in total. The smallest absolute Gasteiger partial charge is 0.272 e. The lowest BCUT2D eigenvalue weighted by atomic mass is 10.0. The van der Waals surface area contributed by atoms with Gasteiger partial charge in [0.05, 0.1) is 6.20 Å². The number of hydrogen-bond donors (Lipinski definition) is 1. The van der Waals surface area contributed by atoms with Crippen LogP contribution in [0, 0.1) is 0 Å². The third-order valence-electron chi connectivity index (χ3n) is 4.64. The van der Waals surface area contributed by atoms with Crippen LogP contribution in [0.5, 0.6) is 0 Å². The molecule has 24 heavy (non-hydrogen) atoms. The molecule has 0 aliphatic carbocycles. The lowest BCUT2D eigenvalue weighted by Gasteiger charge is -2.27. The van der Waals surface area contributed by atoms with Crippen molar-refractivity contribution in [3.05, 3.63) is 54.4 Å². The normalized spacial score (nSPS) is 15.0. The second-order valence-corrected chi connectivity index (χ2v) is 6.09. The van der Waals surface area contributed by atoms with E-state index in [9.17, 15) is 4.79 Å². The molecular weight excluding hydrogens is 300 g/mol. The molecule has 0 unspecified atom stereocenters. The van der Waals surface area contributed by atoms with Gasteiger partial charge in [-0.3, -0.25) is 4.79 Å². The van der Waals surface area contributed by atoms with E-state index in [0.717, 1.165) is 43.0 Å². The van der Waals surface area contributed by atoms with E-state index in [4.69, 9.17) is 0 Å². The maximum Gasteiger partial charge on any atom is 0.272 e. The number of hydrogen-bond acceptors (Lipinski definition) is 3. The van der Waals surface area contributed by atoms with Crippen LogP contribution in [0.25, 0.3) is 22.2 Å². The molecule has 0 saturated carbocycles. The number of amides is 1. The molecule has 0 atom stereocenters. The van der Waals surface area contributed by atoms with Crippen LogP contribution < -0.4 is 5.32 Å². The Bertz CT molecular complexity index is 888. The van der Waals surface area contributed by atoms with Crippen LogP contribution in [0.4, 0.5) is 0 Å². The van der Waals surface area contributed by atoms with Gasteiger partial charge in [-0.2, -0.15) is 0 Å². The Labute approximate surface area is 140 Å². The zero-order chi connectivity index (χ0) is 16.5. The average molecular weight is 320 g/mol. The fourth-order valence-electron chi connectivity index (χ4n) is 3.31. The Balaban J connectivity index is 1.75. The molecule has 1 saturated heterocycles. The largest absolute Gasteiger partial charge is 0.335 e. The first-order valence-electron chi connectivity index (χ1n) is 8.25. The zero-order valence-electron chi connectivity index (χ0n) is 13.7. The molecule has 122 valence electrons. The second kappa shape index (κ2) is 6.09. The minimum atomic E-state index is 0.0537. The number of benzene rings is 2. The summed E-state index contributed by atoms with van der Waals surface area (Å²) in [5.74, 6) is 0.878. The Hall–Kier alpha value is -2.66. The van der Waals surface area contributed by atoms with Gasteiger partial charge in [-0.15, -0.1) is 0 Å². The molecule has 2 aromatic carbocycles. The number of imidazole rings is 1. The monoisotopic (exact) mass is 320 g/mol. The molecule has 5 heteroatoms. The first-order valence-corrected chi connectivity index (χ1v) is 8.25. The van der Waals surface area contributed by atoms with Gasteiger partial charge < -0.3 is 14.8 Å². The van der Waals surface area contributed by atoms with E-state index in [0.29, 0.717) is 5.69 Å². The zero-order valence-corrected chi connectivity index (χ0v) is 13.7. The maximum absolute atomic E-state index is 12.8. The first-order chi connectivity index (χ1) is 11.8. The predicted octanol–water partition coefficient (Wildman–Crippen LogP) is 2.29. The van der Waals surface area contributed by atoms with Crippen molar-refractivity contribution in [3.8, 4) is 11.4 Å². The van der Waals surface area contributed by atoms with Gasteiger partial charge in [0.1, 0.15) is 11.5 Å². The highest BCUT2D eigenvalue weighted by molar-refractivity contribution is 5.97. The maximum atomic E-state index is 12.8. The summed E-state index contributed by atoms with van der Waals surface area (Å²) in [4.78, 5) is 19.2. The minimum Gasteiger partial charge on any atom is -0.335 e. The number of nitrogens with one attached hydrogen (secondary N) is 1. The SMILES string of the molecule is Cn1c(C(=O)N2CCNCC2)cnc1-c1cccc2ccccc12. The van der Waals surface area contributed by atoms with E-state index in [1.807, 2.05) is 34.7 Å². The highest BCUT2D eigenvalue weighted by Gasteiger charge is 2.22. The molecule has 1 amide bonds. The summed E-state index contributed by atoms with van der Waals surface area (Å²) in [5, 5.41) is 5.59. The number of carbonyl (C=O) groups excluding carboxylic acids is 1. The molecule has 1 fully saturated rings. The van der Waals surface area contributed by atoms with Crippen molar-refractivity contribution >= 4 is 16.7 Å². The van der Waals surface area contributed by atoms with E-state index < -0.39 is 0 Å². The van der Waals surface area contributed by atoms with Crippen LogP contribution in [0.3, 0.4) is 0 Å². The van der Waals surface area contributed by atoms with Gasteiger partial charge in [0.15, 0.2) is 0 Å². The average Bonchev–Trinajstić information content (AvgIpc) is 3.02. The highest BCUT2D eigenvalue weighted by Crippen LogP contribution is 2.28. The Morgan fingerprint density at radius 3 is 2.67 bits per heavy atom. The third-order valence-corrected chi connectivity index (χ3v) is 4.64. The van der Waals surface area contributed by atoms with Crippen molar-refractivity contribution in [2.75, 3.05) is 26.2 Å². The summed E-state index contributed by atoms with van der Waals surface area (Å²) >= 11 is 0. The van der Waals surface area contributed by atoms with Crippen molar-refractivity contribution in [1.82, 2.24) is 19.8 Å². The fourth-order valence-corrected chi connectivity index (χ4v) is 3.31. The van der Waals surface area contributed by atoms with Crippen LogP contribution in [-0.4, -0.2) is 46.5 Å². The molecule has 0 radical (unpaired) electrons. The van der Waals surface area contributed by atoms with E-state index >= 15 is 0 Å². The quantitative estimate of drug-likeness (QED) is 0.788. The molecule has 2 heterocycles. The van der Waals surface area contributed by atoms with E-state index in [-0.39, 0.29) is 5.91 Å². The van der Waals surface area contributed by atoms with Crippen LogP contribution in [0.15, 0.2) is 48.7 Å². The summed E-state index contributed by atoms with van der Waals surface area (Å²) in [5.41, 5.74) is 1.69. The molecule has 1 N–H and O–H groups in total. The summed E-state index contributed by atoms with van der Waals surface area (Å²) in [7, 11) is 1.92. The third kappa shape index (κ3) is 2.47. The molecule has 1 aromatic heterocycles. The van der Waals surface area contributed by atoms with Crippen molar-refractivity contribution in [3.63, 3.8) is 0 Å². The van der Waals surface area contributed by atoms with E-state index in [2.05, 4.69) is 34.6 Å². The second-order valence-electron chi connectivity index (χ2n) is 6.09. The summed E-state index contributed by atoms with van der Waals surface area (Å²) in [6, 6.07) is 14.4. The number of carbonyl (C=O) groups is 1. The number of piperazine rings is 1. The molecule has 0 bridgehead atoms. The summed E-state index contributed by atoms with van der Waals surface area (Å²) < 4.78 is 1.91. The van der Waals surface area contributed by atoms with Crippen molar-refractivity contribution in [1.29, 1.82) is 0 Å². The van der Waals surface area contributed by atoms with Gasteiger partial charge >= 0.3 is 0 Å². The highest BCUT2D eigenvalue weighted by atomic mass is 16.2. The first kappa shape index (κ1) is 14.9. The van der Waals surface area contributed by atoms with Gasteiger partial charge in [0, 0.05) is 38.8 Å². The van der Waals surface area contributed by atoms with Crippen LogP contribution in [-0.2, 0) is 7.05 Å². The van der Waals surface area contributed by atoms with Crippen molar-refractivity contribution in [2.24, 2.45) is 7.05 Å². The Kier molecular flexibility index (Phi) is 3.78. The number of rotatable bonds is 2. The standard InChI is InChI=1S/C19H20N4O/c1-22-17(19(24)23-11-9-20-10-12-23)13-21-18(22)16-8-4-6-14-5-2-3-7-15(14)16/h2-8,13,20H,9-12H2,1H3.